The van der Waals surface area contributed by atoms with Crippen molar-refractivity contribution in [2.45, 2.75) is 6.92 Å². The Morgan fingerprint density at radius 2 is 1.81 bits per heavy atom. The molecule has 0 saturated heterocycles. The molecule has 0 aliphatic heterocycles. The van der Waals surface area contributed by atoms with E-state index in [-0.39, 0.29) is 5.75 Å². The summed E-state index contributed by atoms with van der Waals surface area (Å²) < 4.78 is 0. The zero-order valence-electron chi connectivity index (χ0n) is 8.67. The van der Waals surface area contributed by atoms with Gasteiger partial charge in [0.1, 0.15) is 5.75 Å². The molecule has 1 N–H and O–H groups in total. The number of phenolic OH excluding ortho intramolecular Hbond substituents is 1. The summed E-state index contributed by atoms with van der Waals surface area (Å²) in [4.78, 5) is 0. The van der Waals surface area contributed by atoms with Crippen molar-refractivity contribution in [1.29, 1.82) is 0 Å². The van der Waals surface area contributed by atoms with E-state index in [1.165, 1.54) is 6.07 Å². The van der Waals surface area contributed by atoms with Crippen LogP contribution >= 0.6 is 23.2 Å². The minimum absolute atomic E-state index is 0.155. The molecule has 0 unspecified atom stereocenters. The van der Waals surface area contributed by atoms with Crippen LogP contribution in [0.4, 0.5) is 0 Å². The van der Waals surface area contributed by atoms with Crippen molar-refractivity contribution < 1.29 is 5.11 Å². The molecule has 0 heterocycles. The van der Waals surface area contributed by atoms with Crippen LogP contribution in [0, 0.1) is 6.92 Å². The normalized spacial score (nSPS) is 10.4. The molecule has 0 saturated carbocycles. The Hall–Kier alpha value is -1.18. The van der Waals surface area contributed by atoms with Crippen LogP contribution in [0.5, 0.6) is 5.75 Å². The second-order valence-corrected chi connectivity index (χ2v) is 4.45. The third kappa shape index (κ3) is 2.16. The molecule has 0 aromatic heterocycles. The van der Waals surface area contributed by atoms with Crippen molar-refractivity contribution >= 4 is 23.2 Å². The van der Waals surface area contributed by atoms with Gasteiger partial charge in [-0.15, -0.1) is 0 Å². The summed E-state index contributed by atoms with van der Waals surface area (Å²) in [6.45, 7) is 1.94. The molecule has 3 heteroatoms. The van der Waals surface area contributed by atoms with Crippen molar-refractivity contribution in [3.63, 3.8) is 0 Å². The number of phenols is 1. The Labute approximate surface area is 104 Å². The van der Waals surface area contributed by atoms with E-state index < -0.39 is 0 Å². The van der Waals surface area contributed by atoms with Crippen LogP contribution in [0.1, 0.15) is 5.56 Å². The van der Waals surface area contributed by atoms with Gasteiger partial charge in [0.15, 0.2) is 0 Å². The Morgan fingerprint density at radius 1 is 1.06 bits per heavy atom. The highest BCUT2D eigenvalue weighted by atomic mass is 35.5. The Bertz CT molecular complexity index is 515. The lowest BCUT2D eigenvalue weighted by molar-refractivity contribution is 0.475. The van der Waals surface area contributed by atoms with Crippen molar-refractivity contribution in [1.82, 2.24) is 0 Å². The first kappa shape index (κ1) is 11.3. The maximum absolute atomic E-state index is 9.50. The van der Waals surface area contributed by atoms with E-state index in [9.17, 15) is 5.11 Å². The number of rotatable bonds is 1. The fourth-order valence-corrected chi connectivity index (χ4v) is 2.05. The fourth-order valence-electron chi connectivity index (χ4n) is 1.65. The van der Waals surface area contributed by atoms with Gasteiger partial charge in [0.25, 0.3) is 0 Å². The smallest absolute Gasteiger partial charge is 0.117 e. The van der Waals surface area contributed by atoms with Gasteiger partial charge in [0.2, 0.25) is 0 Å². The molecule has 0 aliphatic carbocycles. The first-order valence-corrected chi connectivity index (χ1v) is 5.58. The third-order valence-corrected chi connectivity index (χ3v) is 3.09. The second kappa shape index (κ2) is 4.36. The fraction of sp³-hybridized carbons (Fsp3) is 0.0769. The molecular formula is C13H10Cl2O. The van der Waals surface area contributed by atoms with Crippen LogP contribution < -0.4 is 0 Å². The SMILES string of the molecule is Cc1c(Cl)cccc1-c1cc(O)cc(Cl)c1. The first-order chi connectivity index (χ1) is 7.58. The summed E-state index contributed by atoms with van der Waals surface area (Å²) in [5.41, 5.74) is 2.82. The average Bonchev–Trinajstić information content (AvgIpc) is 2.20. The molecule has 0 fully saturated rings. The van der Waals surface area contributed by atoms with Crippen LogP contribution in [0.25, 0.3) is 11.1 Å². The highest BCUT2D eigenvalue weighted by molar-refractivity contribution is 6.32. The highest BCUT2D eigenvalue weighted by Crippen LogP contribution is 2.32. The van der Waals surface area contributed by atoms with Crippen LogP contribution in [0.3, 0.4) is 0 Å². The maximum atomic E-state index is 9.50. The lowest BCUT2D eigenvalue weighted by Gasteiger charge is -2.08. The van der Waals surface area contributed by atoms with E-state index >= 15 is 0 Å². The zero-order valence-corrected chi connectivity index (χ0v) is 10.2. The molecule has 0 spiro atoms. The van der Waals surface area contributed by atoms with Crippen LogP contribution in [-0.2, 0) is 0 Å². The number of hydrogen-bond acceptors (Lipinski definition) is 1. The van der Waals surface area contributed by atoms with Gasteiger partial charge in [-0.1, -0.05) is 35.3 Å². The largest absolute Gasteiger partial charge is 0.508 e. The topological polar surface area (TPSA) is 20.2 Å². The molecule has 2 rings (SSSR count). The molecule has 0 radical (unpaired) electrons. The summed E-state index contributed by atoms with van der Waals surface area (Å²) in [6, 6.07) is 10.6. The number of hydrogen-bond donors (Lipinski definition) is 1. The van der Waals surface area contributed by atoms with E-state index in [0.29, 0.717) is 10.0 Å². The van der Waals surface area contributed by atoms with Crippen LogP contribution in [0.15, 0.2) is 36.4 Å². The molecule has 16 heavy (non-hydrogen) atoms. The second-order valence-electron chi connectivity index (χ2n) is 3.61. The lowest BCUT2D eigenvalue weighted by atomic mass is 10.0. The number of benzene rings is 2. The molecular weight excluding hydrogens is 243 g/mol. The molecule has 0 bridgehead atoms. The Balaban J connectivity index is 2.63. The van der Waals surface area contributed by atoms with E-state index in [4.69, 9.17) is 23.2 Å². The van der Waals surface area contributed by atoms with Gasteiger partial charge in [0, 0.05) is 10.0 Å². The summed E-state index contributed by atoms with van der Waals surface area (Å²) in [7, 11) is 0. The van der Waals surface area contributed by atoms with E-state index in [1.54, 1.807) is 12.1 Å². The van der Waals surface area contributed by atoms with Gasteiger partial charge < -0.3 is 5.11 Å². The van der Waals surface area contributed by atoms with Gasteiger partial charge in [0.05, 0.1) is 0 Å². The Kier molecular flexibility index (Phi) is 3.08. The summed E-state index contributed by atoms with van der Waals surface area (Å²) >= 11 is 11.9. The quantitative estimate of drug-likeness (QED) is 0.782. The molecule has 82 valence electrons. The molecule has 2 aromatic rings. The van der Waals surface area contributed by atoms with Crippen molar-refractivity contribution in [3.05, 3.63) is 52.0 Å². The maximum Gasteiger partial charge on any atom is 0.117 e. The standard InChI is InChI=1S/C13H10Cl2O/c1-8-12(3-2-4-13(8)15)9-5-10(14)7-11(16)6-9/h2-7,16H,1H3. The molecule has 0 amide bonds. The monoisotopic (exact) mass is 252 g/mol. The van der Waals surface area contributed by atoms with Crippen LogP contribution in [-0.4, -0.2) is 5.11 Å². The van der Waals surface area contributed by atoms with E-state index in [2.05, 4.69) is 0 Å². The van der Waals surface area contributed by atoms with Crippen molar-refractivity contribution in [2.75, 3.05) is 0 Å². The van der Waals surface area contributed by atoms with E-state index in [1.807, 2.05) is 25.1 Å². The lowest BCUT2D eigenvalue weighted by Crippen LogP contribution is -1.84. The van der Waals surface area contributed by atoms with Crippen molar-refractivity contribution in [2.24, 2.45) is 0 Å². The minimum atomic E-state index is 0.155. The minimum Gasteiger partial charge on any atom is -0.508 e. The third-order valence-electron chi connectivity index (χ3n) is 2.46. The molecule has 1 nitrogen and oxygen atoms in total. The number of halogens is 2. The molecule has 0 aliphatic rings. The predicted octanol–water partition coefficient (Wildman–Crippen LogP) is 4.67. The summed E-state index contributed by atoms with van der Waals surface area (Å²) in [6.07, 6.45) is 0. The number of aromatic hydroxyl groups is 1. The van der Waals surface area contributed by atoms with Gasteiger partial charge in [-0.3, -0.25) is 0 Å². The zero-order chi connectivity index (χ0) is 11.7. The summed E-state index contributed by atoms with van der Waals surface area (Å²) in [5, 5.41) is 10.7. The van der Waals surface area contributed by atoms with Gasteiger partial charge in [-0.2, -0.15) is 0 Å². The Morgan fingerprint density at radius 3 is 2.50 bits per heavy atom. The predicted molar refractivity (Wildman–Crippen MR) is 68.3 cm³/mol. The van der Waals surface area contributed by atoms with Gasteiger partial charge in [-0.25, -0.2) is 0 Å². The van der Waals surface area contributed by atoms with E-state index in [0.717, 1.165) is 16.7 Å². The summed E-state index contributed by atoms with van der Waals surface area (Å²) in [5.74, 6) is 0.155. The van der Waals surface area contributed by atoms with Crippen molar-refractivity contribution in [3.8, 4) is 16.9 Å². The van der Waals surface area contributed by atoms with Gasteiger partial charge in [-0.05, 0) is 47.9 Å². The van der Waals surface area contributed by atoms with Gasteiger partial charge >= 0.3 is 0 Å². The first-order valence-electron chi connectivity index (χ1n) is 4.83. The van der Waals surface area contributed by atoms with Crippen LogP contribution in [0.2, 0.25) is 10.0 Å². The molecule has 2 aromatic carbocycles. The molecule has 0 atom stereocenters. The highest BCUT2D eigenvalue weighted by Gasteiger charge is 2.06. The average molecular weight is 253 g/mol.